The van der Waals surface area contributed by atoms with Crippen LogP contribution in [0.3, 0.4) is 0 Å². The molecule has 0 aliphatic carbocycles. The van der Waals surface area contributed by atoms with E-state index in [0.29, 0.717) is 13.2 Å². The van der Waals surface area contributed by atoms with Crippen LogP contribution in [0.5, 0.6) is 0 Å². The average molecular weight is 250 g/mol. The van der Waals surface area contributed by atoms with Gasteiger partial charge in [-0.05, 0) is 5.56 Å². The molecular formula is C13H14O5. The first kappa shape index (κ1) is 12.6. The van der Waals surface area contributed by atoms with E-state index >= 15 is 0 Å². The number of carbonyl (C=O) groups excluding carboxylic acids is 2. The summed E-state index contributed by atoms with van der Waals surface area (Å²) in [7, 11) is 0. The van der Waals surface area contributed by atoms with Gasteiger partial charge in [0.05, 0.1) is 19.6 Å². The molecule has 1 aromatic rings. The summed E-state index contributed by atoms with van der Waals surface area (Å²) in [6.07, 6.45) is -0.601. The predicted molar refractivity (Wildman–Crippen MR) is 61.6 cm³/mol. The van der Waals surface area contributed by atoms with Crippen molar-refractivity contribution in [1.29, 1.82) is 0 Å². The minimum Gasteiger partial charge on any atom is -0.460 e. The van der Waals surface area contributed by atoms with E-state index in [-0.39, 0.29) is 19.0 Å². The minimum atomic E-state index is -0.716. The molecule has 5 heteroatoms. The molecule has 0 radical (unpaired) electrons. The van der Waals surface area contributed by atoms with Crippen molar-refractivity contribution < 1.29 is 23.8 Å². The second-order valence-corrected chi connectivity index (χ2v) is 3.89. The fourth-order valence-corrected chi connectivity index (χ4v) is 1.49. The Morgan fingerprint density at radius 2 is 2.00 bits per heavy atom. The van der Waals surface area contributed by atoms with Gasteiger partial charge in [0, 0.05) is 0 Å². The maximum absolute atomic E-state index is 11.2. The molecule has 1 unspecified atom stereocenters. The zero-order valence-electron chi connectivity index (χ0n) is 9.83. The fourth-order valence-electron chi connectivity index (χ4n) is 1.49. The van der Waals surface area contributed by atoms with E-state index in [9.17, 15) is 9.59 Å². The highest BCUT2D eigenvalue weighted by Gasteiger charge is 2.36. The fraction of sp³-hybridized carbons (Fsp3) is 0.385. The van der Waals surface area contributed by atoms with Crippen molar-refractivity contribution >= 4 is 11.9 Å². The van der Waals surface area contributed by atoms with Crippen LogP contribution in [0.25, 0.3) is 0 Å². The molecule has 0 amide bonds. The number of carbonyl (C=O) groups is 2. The second kappa shape index (κ2) is 6.16. The molecule has 1 heterocycles. The lowest BCUT2D eigenvalue weighted by atomic mass is 10.2. The van der Waals surface area contributed by atoms with Gasteiger partial charge in [0.2, 0.25) is 6.10 Å². The molecular weight excluding hydrogens is 236 g/mol. The number of benzene rings is 1. The van der Waals surface area contributed by atoms with Crippen LogP contribution < -0.4 is 0 Å². The highest BCUT2D eigenvalue weighted by Crippen LogP contribution is 2.14. The maximum Gasteiger partial charge on any atom is 0.348 e. The number of esters is 2. The molecule has 0 N–H and O–H groups in total. The number of rotatable bonds is 6. The highest BCUT2D eigenvalue weighted by molar-refractivity contribution is 5.89. The monoisotopic (exact) mass is 250 g/mol. The molecule has 1 aliphatic heterocycles. The molecule has 0 aromatic heterocycles. The van der Waals surface area contributed by atoms with Crippen molar-refractivity contribution in [2.24, 2.45) is 0 Å². The molecule has 1 aromatic carbocycles. The van der Waals surface area contributed by atoms with Gasteiger partial charge in [-0.1, -0.05) is 30.3 Å². The summed E-state index contributed by atoms with van der Waals surface area (Å²) >= 11 is 0. The van der Waals surface area contributed by atoms with Crippen LogP contribution in [0.2, 0.25) is 0 Å². The Labute approximate surface area is 105 Å². The Hall–Kier alpha value is -1.88. The molecule has 0 spiro atoms. The molecule has 1 atom stereocenters. The SMILES string of the molecule is O=C1CC(C(=O)OCCOCc2ccccc2)O1. The summed E-state index contributed by atoms with van der Waals surface area (Å²) in [6, 6.07) is 9.72. The number of hydrogen-bond acceptors (Lipinski definition) is 5. The largest absolute Gasteiger partial charge is 0.460 e. The van der Waals surface area contributed by atoms with Gasteiger partial charge in [-0.25, -0.2) is 4.79 Å². The quantitative estimate of drug-likeness (QED) is 0.558. The minimum absolute atomic E-state index is 0.115. The second-order valence-electron chi connectivity index (χ2n) is 3.89. The highest BCUT2D eigenvalue weighted by atomic mass is 16.6. The van der Waals surface area contributed by atoms with Crippen LogP contribution in [0.15, 0.2) is 30.3 Å². The van der Waals surface area contributed by atoms with Gasteiger partial charge >= 0.3 is 11.9 Å². The first-order valence-corrected chi connectivity index (χ1v) is 5.73. The van der Waals surface area contributed by atoms with Crippen LogP contribution in [0.1, 0.15) is 12.0 Å². The Balaban J connectivity index is 1.54. The Bertz CT molecular complexity index is 407. The predicted octanol–water partition coefficient (Wildman–Crippen LogP) is 1.06. The molecule has 2 rings (SSSR count). The average Bonchev–Trinajstić information content (AvgIpc) is 2.35. The molecule has 96 valence electrons. The third kappa shape index (κ3) is 3.56. The molecule has 18 heavy (non-hydrogen) atoms. The number of hydrogen-bond donors (Lipinski definition) is 0. The zero-order chi connectivity index (χ0) is 12.8. The van der Waals surface area contributed by atoms with Crippen molar-refractivity contribution in [1.82, 2.24) is 0 Å². The van der Waals surface area contributed by atoms with Crippen LogP contribution >= 0.6 is 0 Å². The van der Waals surface area contributed by atoms with Gasteiger partial charge in [0.25, 0.3) is 0 Å². The van der Waals surface area contributed by atoms with Crippen molar-refractivity contribution in [3.05, 3.63) is 35.9 Å². The molecule has 1 saturated heterocycles. The van der Waals surface area contributed by atoms with E-state index in [4.69, 9.17) is 9.47 Å². The lowest BCUT2D eigenvalue weighted by Gasteiger charge is -2.23. The molecule has 1 aliphatic rings. The molecule has 0 saturated carbocycles. The van der Waals surface area contributed by atoms with E-state index in [1.165, 1.54) is 0 Å². The van der Waals surface area contributed by atoms with Crippen LogP contribution in [-0.4, -0.2) is 31.3 Å². The summed E-state index contributed by atoms with van der Waals surface area (Å²) < 4.78 is 14.8. The van der Waals surface area contributed by atoms with Crippen LogP contribution in [-0.2, 0) is 30.4 Å². The van der Waals surface area contributed by atoms with Crippen LogP contribution in [0.4, 0.5) is 0 Å². The lowest BCUT2D eigenvalue weighted by molar-refractivity contribution is -0.186. The van der Waals surface area contributed by atoms with Gasteiger partial charge in [-0.15, -0.1) is 0 Å². The number of cyclic esters (lactones) is 1. The lowest BCUT2D eigenvalue weighted by Crippen LogP contribution is -2.40. The van der Waals surface area contributed by atoms with Gasteiger partial charge in [0.1, 0.15) is 6.61 Å². The van der Waals surface area contributed by atoms with E-state index in [1.54, 1.807) is 0 Å². The van der Waals surface area contributed by atoms with Crippen molar-refractivity contribution in [2.75, 3.05) is 13.2 Å². The first-order valence-electron chi connectivity index (χ1n) is 5.73. The van der Waals surface area contributed by atoms with Gasteiger partial charge in [-0.3, -0.25) is 4.79 Å². The van der Waals surface area contributed by atoms with Crippen LogP contribution in [0, 0.1) is 0 Å². The van der Waals surface area contributed by atoms with Gasteiger partial charge in [0.15, 0.2) is 0 Å². The summed E-state index contributed by atoms with van der Waals surface area (Å²) in [5, 5.41) is 0. The first-order chi connectivity index (χ1) is 8.75. The third-order valence-electron chi connectivity index (χ3n) is 2.47. The van der Waals surface area contributed by atoms with E-state index in [1.807, 2.05) is 30.3 Å². The Morgan fingerprint density at radius 1 is 1.28 bits per heavy atom. The third-order valence-corrected chi connectivity index (χ3v) is 2.47. The summed E-state index contributed by atoms with van der Waals surface area (Å²) in [4.78, 5) is 21.7. The van der Waals surface area contributed by atoms with E-state index in [0.717, 1.165) is 5.56 Å². The normalized spacial score (nSPS) is 17.8. The van der Waals surface area contributed by atoms with Crippen molar-refractivity contribution in [3.8, 4) is 0 Å². The van der Waals surface area contributed by atoms with Gasteiger partial charge < -0.3 is 14.2 Å². The molecule has 1 fully saturated rings. The standard InChI is InChI=1S/C13H14O5/c14-12-8-11(18-12)13(15)17-7-6-16-9-10-4-2-1-3-5-10/h1-5,11H,6-9H2. The smallest absolute Gasteiger partial charge is 0.348 e. The Kier molecular flexibility index (Phi) is 4.30. The van der Waals surface area contributed by atoms with Crippen molar-refractivity contribution in [2.45, 2.75) is 19.1 Å². The maximum atomic E-state index is 11.2. The molecule has 0 bridgehead atoms. The summed E-state index contributed by atoms with van der Waals surface area (Å²) in [5.74, 6) is -0.866. The molecule has 5 nitrogen and oxygen atoms in total. The summed E-state index contributed by atoms with van der Waals surface area (Å²) in [5.41, 5.74) is 1.07. The zero-order valence-corrected chi connectivity index (χ0v) is 9.83. The number of ether oxygens (including phenoxy) is 3. The topological polar surface area (TPSA) is 61.8 Å². The van der Waals surface area contributed by atoms with Crippen molar-refractivity contribution in [3.63, 3.8) is 0 Å². The van der Waals surface area contributed by atoms with Gasteiger partial charge in [-0.2, -0.15) is 0 Å². The summed E-state index contributed by atoms with van der Waals surface area (Å²) in [6.45, 7) is 0.970. The Morgan fingerprint density at radius 3 is 2.67 bits per heavy atom. The van der Waals surface area contributed by atoms with E-state index in [2.05, 4.69) is 4.74 Å². The van der Waals surface area contributed by atoms with E-state index < -0.39 is 12.1 Å².